The highest BCUT2D eigenvalue weighted by Gasteiger charge is 2.07. The molecule has 0 saturated heterocycles. The Bertz CT molecular complexity index is 478. The number of hydrogen-bond donors (Lipinski definition) is 3. The highest BCUT2D eigenvalue weighted by Crippen LogP contribution is 2.05. The maximum absolute atomic E-state index is 11.4. The van der Waals surface area contributed by atoms with E-state index < -0.39 is 10.0 Å². The molecule has 0 aliphatic rings. The summed E-state index contributed by atoms with van der Waals surface area (Å²) in [5.41, 5.74) is 0. The molecule has 1 rings (SSSR count). The number of nitrogens with zero attached hydrogens (tertiary/aromatic N) is 2. The first kappa shape index (κ1) is 15.6. The van der Waals surface area contributed by atoms with Crippen LogP contribution in [0.3, 0.4) is 0 Å². The molecule has 1 aromatic rings. The summed E-state index contributed by atoms with van der Waals surface area (Å²) in [5, 5.41) is 6.03. The van der Waals surface area contributed by atoms with Gasteiger partial charge in [-0.1, -0.05) is 13.8 Å². The minimum Gasteiger partial charge on any atom is -0.369 e. The van der Waals surface area contributed by atoms with Crippen molar-refractivity contribution < 1.29 is 8.42 Å². The molecule has 0 aromatic carbocycles. The van der Waals surface area contributed by atoms with Crippen LogP contribution in [0.1, 0.15) is 20.3 Å². The Morgan fingerprint density at radius 3 is 2.68 bits per heavy atom. The number of sulfonamides is 1. The second-order valence-corrected chi connectivity index (χ2v) is 5.86. The molecule has 0 atom stereocenters. The van der Waals surface area contributed by atoms with Crippen LogP contribution in [0.5, 0.6) is 0 Å². The number of aromatic nitrogens is 2. The summed E-state index contributed by atoms with van der Waals surface area (Å²) in [6.07, 6.45) is 2.62. The Morgan fingerprint density at radius 2 is 2.00 bits per heavy atom. The van der Waals surface area contributed by atoms with Gasteiger partial charge in [-0.05, 0) is 12.5 Å². The fourth-order valence-corrected chi connectivity index (χ4v) is 2.34. The van der Waals surface area contributed by atoms with E-state index in [-0.39, 0.29) is 5.75 Å². The van der Waals surface area contributed by atoms with Crippen LogP contribution in [-0.2, 0) is 10.0 Å². The molecular weight excluding hydrogens is 266 g/mol. The van der Waals surface area contributed by atoms with Gasteiger partial charge >= 0.3 is 0 Å². The highest BCUT2D eigenvalue weighted by molar-refractivity contribution is 7.89. The molecule has 0 spiro atoms. The Labute approximate surface area is 114 Å². The monoisotopic (exact) mass is 287 g/mol. The standard InChI is InChI=1S/C11H21N5O2S/c1-3-6-13-11-14-7-5-10(16-11)12-8-9-19(17,18)15-4-2/h5,7,15H,3-4,6,8-9H2,1-2H3,(H2,12,13,14,16). The van der Waals surface area contributed by atoms with Gasteiger partial charge in [0.1, 0.15) is 5.82 Å². The van der Waals surface area contributed by atoms with Gasteiger partial charge in [-0.3, -0.25) is 0 Å². The second kappa shape index (κ2) is 7.90. The molecule has 7 nitrogen and oxygen atoms in total. The minimum absolute atomic E-state index is 0.0164. The summed E-state index contributed by atoms with van der Waals surface area (Å²) in [5.74, 6) is 1.17. The summed E-state index contributed by atoms with van der Waals surface area (Å²) in [7, 11) is -3.20. The third-order valence-corrected chi connectivity index (χ3v) is 3.70. The lowest BCUT2D eigenvalue weighted by molar-refractivity contribution is 0.584. The van der Waals surface area contributed by atoms with E-state index in [4.69, 9.17) is 0 Å². The summed E-state index contributed by atoms with van der Waals surface area (Å²) >= 11 is 0. The van der Waals surface area contributed by atoms with Crippen LogP contribution < -0.4 is 15.4 Å². The van der Waals surface area contributed by atoms with Crippen LogP contribution >= 0.6 is 0 Å². The van der Waals surface area contributed by atoms with Crippen molar-refractivity contribution >= 4 is 21.8 Å². The van der Waals surface area contributed by atoms with Crippen molar-refractivity contribution in [3.05, 3.63) is 12.3 Å². The first-order valence-corrected chi connectivity index (χ1v) is 8.00. The topological polar surface area (TPSA) is 96.0 Å². The van der Waals surface area contributed by atoms with Gasteiger partial charge in [0, 0.05) is 25.8 Å². The van der Waals surface area contributed by atoms with Crippen molar-refractivity contribution in [2.45, 2.75) is 20.3 Å². The van der Waals surface area contributed by atoms with Crippen molar-refractivity contribution in [1.82, 2.24) is 14.7 Å². The molecular formula is C11H21N5O2S. The summed E-state index contributed by atoms with van der Waals surface area (Å²) in [6.45, 7) is 5.32. The molecule has 3 N–H and O–H groups in total. The predicted molar refractivity (Wildman–Crippen MR) is 76.8 cm³/mol. The first-order valence-electron chi connectivity index (χ1n) is 6.35. The van der Waals surface area contributed by atoms with Gasteiger partial charge in [-0.25, -0.2) is 18.1 Å². The molecule has 0 fully saturated rings. The van der Waals surface area contributed by atoms with Crippen LogP contribution in [0.2, 0.25) is 0 Å². The van der Waals surface area contributed by atoms with Crippen LogP contribution in [-0.4, -0.2) is 43.8 Å². The Balaban J connectivity index is 2.45. The van der Waals surface area contributed by atoms with Crippen LogP contribution in [0.4, 0.5) is 11.8 Å². The lowest BCUT2D eigenvalue weighted by Gasteiger charge is -2.08. The maximum Gasteiger partial charge on any atom is 0.224 e. The lowest BCUT2D eigenvalue weighted by Crippen LogP contribution is -2.29. The van der Waals surface area contributed by atoms with Gasteiger partial charge in [0.15, 0.2) is 0 Å². The first-order chi connectivity index (χ1) is 9.07. The summed E-state index contributed by atoms with van der Waals surface area (Å²) < 4.78 is 25.3. The molecule has 0 unspecified atom stereocenters. The number of rotatable bonds is 9. The molecule has 0 radical (unpaired) electrons. The van der Waals surface area contributed by atoms with Gasteiger partial charge < -0.3 is 10.6 Å². The zero-order valence-electron chi connectivity index (χ0n) is 11.3. The van der Waals surface area contributed by atoms with Gasteiger partial charge in [-0.2, -0.15) is 4.98 Å². The van der Waals surface area contributed by atoms with E-state index in [9.17, 15) is 8.42 Å². The molecule has 1 heterocycles. The van der Waals surface area contributed by atoms with E-state index >= 15 is 0 Å². The van der Waals surface area contributed by atoms with Crippen molar-refractivity contribution in [3.63, 3.8) is 0 Å². The van der Waals surface area contributed by atoms with Crippen molar-refractivity contribution in [3.8, 4) is 0 Å². The molecule has 0 amide bonds. The van der Waals surface area contributed by atoms with Crippen molar-refractivity contribution in [2.75, 3.05) is 36.0 Å². The van der Waals surface area contributed by atoms with E-state index in [1.807, 2.05) is 0 Å². The molecule has 108 valence electrons. The fraction of sp³-hybridized carbons (Fsp3) is 0.636. The molecule has 1 aromatic heterocycles. The lowest BCUT2D eigenvalue weighted by atomic mass is 10.5. The zero-order chi connectivity index (χ0) is 14.1. The maximum atomic E-state index is 11.4. The average Bonchev–Trinajstić information content (AvgIpc) is 2.36. The van der Waals surface area contributed by atoms with E-state index in [0.29, 0.717) is 24.9 Å². The number of nitrogens with one attached hydrogen (secondary N) is 3. The summed E-state index contributed by atoms with van der Waals surface area (Å²) in [6, 6.07) is 1.71. The van der Waals surface area contributed by atoms with E-state index in [0.717, 1.165) is 13.0 Å². The Hall–Kier alpha value is -1.41. The van der Waals surface area contributed by atoms with Gasteiger partial charge in [-0.15, -0.1) is 0 Å². The minimum atomic E-state index is -3.20. The third kappa shape index (κ3) is 6.35. The molecule has 0 aliphatic heterocycles. The van der Waals surface area contributed by atoms with Gasteiger partial charge in [0.2, 0.25) is 16.0 Å². The molecule has 0 bridgehead atoms. The van der Waals surface area contributed by atoms with E-state index in [1.165, 1.54) is 0 Å². The largest absolute Gasteiger partial charge is 0.369 e. The van der Waals surface area contributed by atoms with Crippen LogP contribution in [0.25, 0.3) is 0 Å². The average molecular weight is 287 g/mol. The smallest absolute Gasteiger partial charge is 0.224 e. The Morgan fingerprint density at radius 1 is 1.21 bits per heavy atom. The SMILES string of the molecule is CCCNc1nccc(NCCS(=O)(=O)NCC)n1. The number of anilines is 2. The van der Waals surface area contributed by atoms with E-state index in [2.05, 4.69) is 32.2 Å². The Kier molecular flexibility index (Phi) is 6.51. The quantitative estimate of drug-likeness (QED) is 0.617. The fourth-order valence-electron chi connectivity index (χ4n) is 1.38. The predicted octanol–water partition coefficient (Wildman–Crippen LogP) is 0.650. The van der Waals surface area contributed by atoms with Gasteiger partial charge in [0.05, 0.1) is 5.75 Å². The summed E-state index contributed by atoms with van der Waals surface area (Å²) in [4.78, 5) is 8.30. The molecule has 0 saturated carbocycles. The molecule has 19 heavy (non-hydrogen) atoms. The van der Waals surface area contributed by atoms with Crippen LogP contribution in [0.15, 0.2) is 12.3 Å². The van der Waals surface area contributed by atoms with Gasteiger partial charge in [0.25, 0.3) is 0 Å². The second-order valence-electron chi connectivity index (χ2n) is 3.94. The normalized spacial score (nSPS) is 11.3. The highest BCUT2D eigenvalue weighted by atomic mass is 32.2. The third-order valence-electron chi connectivity index (χ3n) is 2.23. The van der Waals surface area contributed by atoms with E-state index in [1.54, 1.807) is 19.2 Å². The molecule has 0 aliphatic carbocycles. The zero-order valence-corrected chi connectivity index (χ0v) is 12.1. The van der Waals surface area contributed by atoms with Crippen molar-refractivity contribution in [2.24, 2.45) is 0 Å². The molecule has 8 heteroatoms. The van der Waals surface area contributed by atoms with Crippen molar-refractivity contribution in [1.29, 1.82) is 0 Å². The van der Waals surface area contributed by atoms with Crippen LogP contribution in [0, 0.1) is 0 Å². The number of hydrogen-bond acceptors (Lipinski definition) is 6.